The number of carboxylic acid groups (broad SMARTS) is 1. The van der Waals surface area contributed by atoms with Crippen molar-refractivity contribution >= 4 is 33.7 Å². The number of hydrogen-bond acceptors (Lipinski definition) is 15. The SMILES string of the molecule is CC(C)CN(CCS(C)(=O)=O)C(=O)OCc1ccc(O[C@@H]2O[C@H](C(=O)O)[C@@H](O)[C@H](O)[C@H]2O)c(-n2cc(C(C)(C)COCC(C)(C)CN3C(=O)CC(C(C)C)C3=O)nn2)c1. The molecule has 330 valence electrons. The zero-order valence-electron chi connectivity index (χ0n) is 35.1. The third-order valence-corrected chi connectivity index (χ3v) is 11.0. The van der Waals surface area contributed by atoms with Crippen molar-refractivity contribution in [3.8, 4) is 11.4 Å². The van der Waals surface area contributed by atoms with Crippen LogP contribution in [0.15, 0.2) is 24.4 Å². The van der Waals surface area contributed by atoms with Gasteiger partial charge in [0.25, 0.3) is 0 Å². The van der Waals surface area contributed by atoms with E-state index < -0.39 is 63.4 Å². The Labute approximate surface area is 344 Å². The molecule has 3 amide bonds. The number of amides is 3. The maximum absolute atomic E-state index is 13.1. The highest BCUT2D eigenvalue weighted by Crippen LogP contribution is 2.33. The van der Waals surface area contributed by atoms with Crippen molar-refractivity contribution in [3.05, 3.63) is 35.7 Å². The molecule has 2 fully saturated rings. The fourth-order valence-electron chi connectivity index (χ4n) is 6.63. The van der Waals surface area contributed by atoms with Crippen molar-refractivity contribution in [3.63, 3.8) is 0 Å². The molecule has 59 heavy (non-hydrogen) atoms. The maximum atomic E-state index is 13.1. The summed E-state index contributed by atoms with van der Waals surface area (Å²) in [7, 11) is -3.36. The monoisotopic (exact) mass is 853 g/mol. The van der Waals surface area contributed by atoms with E-state index in [4.69, 9.17) is 18.9 Å². The van der Waals surface area contributed by atoms with Crippen LogP contribution in [0, 0.1) is 23.2 Å². The molecule has 2 aliphatic rings. The van der Waals surface area contributed by atoms with Crippen LogP contribution in [-0.2, 0) is 50.5 Å². The zero-order chi connectivity index (χ0) is 44.2. The van der Waals surface area contributed by atoms with E-state index in [2.05, 4.69) is 10.3 Å². The van der Waals surface area contributed by atoms with Crippen molar-refractivity contribution in [1.29, 1.82) is 0 Å². The number of ether oxygens (including phenoxy) is 4. The lowest BCUT2D eigenvalue weighted by Crippen LogP contribution is -2.61. The van der Waals surface area contributed by atoms with Gasteiger partial charge in [-0.3, -0.25) is 14.5 Å². The van der Waals surface area contributed by atoms with Crippen molar-refractivity contribution in [1.82, 2.24) is 24.8 Å². The number of sulfone groups is 1. The van der Waals surface area contributed by atoms with Gasteiger partial charge in [0, 0.05) is 49.1 Å². The Morgan fingerprint density at radius 2 is 1.71 bits per heavy atom. The average molecular weight is 854 g/mol. The van der Waals surface area contributed by atoms with Gasteiger partial charge in [-0.25, -0.2) is 22.7 Å². The number of aliphatic hydroxyl groups is 3. The first-order valence-corrected chi connectivity index (χ1v) is 21.5. The zero-order valence-corrected chi connectivity index (χ0v) is 35.9. The van der Waals surface area contributed by atoms with Crippen LogP contribution in [0.4, 0.5) is 4.79 Å². The normalized spacial score (nSPS) is 23.0. The van der Waals surface area contributed by atoms with Crippen LogP contribution in [0.3, 0.4) is 0 Å². The van der Waals surface area contributed by atoms with Crippen molar-refractivity contribution in [2.24, 2.45) is 23.2 Å². The first-order valence-electron chi connectivity index (χ1n) is 19.5. The molecule has 0 saturated carbocycles. The second-order valence-corrected chi connectivity index (χ2v) is 19.9. The van der Waals surface area contributed by atoms with Crippen LogP contribution in [0.5, 0.6) is 5.75 Å². The number of carboxylic acids is 1. The molecule has 0 spiro atoms. The second-order valence-electron chi connectivity index (χ2n) is 17.6. The molecule has 0 radical (unpaired) electrons. The summed E-state index contributed by atoms with van der Waals surface area (Å²) in [4.78, 5) is 53.1. The number of aliphatic carboxylic acids is 1. The molecule has 20 heteroatoms. The molecule has 6 atom stereocenters. The Morgan fingerprint density at radius 3 is 2.31 bits per heavy atom. The van der Waals surface area contributed by atoms with Gasteiger partial charge in [-0.2, -0.15) is 0 Å². The Balaban J connectivity index is 1.56. The van der Waals surface area contributed by atoms with E-state index in [0.29, 0.717) is 11.3 Å². The number of hydrogen-bond donors (Lipinski definition) is 4. The van der Waals surface area contributed by atoms with Gasteiger partial charge in [-0.05, 0) is 29.5 Å². The Hall–Kier alpha value is -4.21. The summed E-state index contributed by atoms with van der Waals surface area (Å²) in [6.45, 7) is 15.7. The van der Waals surface area contributed by atoms with Crippen molar-refractivity contribution in [2.45, 2.75) is 105 Å². The average Bonchev–Trinajstić information content (AvgIpc) is 3.74. The molecule has 1 unspecified atom stereocenters. The van der Waals surface area contributed by atoms with Crippen LogP contribution in [0.2, 0.25) is 0 Å². The highest BCUT2D eigenvalue weighted by atomic mass is 32.2. The van der Waals surface area contributed by atoms with Crippen LogP contribution in [-0.4, -0.2) is 153 Å². The number of imide groups is 1. The van der Waals surface area contributed by atoms with Crippen molar-refractivity contribution in [2.75, 3.05) is 44.9 Å². The van der Waals surface area contributed by atoms with Crippen molar-refractivity contribution < 1.29 is 67.0 Å². The third kappa shape index (κ3) is 12.4. The Kier molecular flexibility index (Phi) is 15.3. The minimum absolute atomic E-state index is 0.0227. The fourth-order valence-corrected chi connectivity index (χ4v) is 7.19. The summed E-state index contributed by atoms with van der Waals surface area (Å²) in [5.74, 6) is -2.48. The quantitative estimate of drug-likeness (QED) is 0.146. The molecule has 2 saturated heterocycles. The molecule has 3 heterocycles. The summed E-state index contributed by atoms with van der Waals surface area (Å²) >= 11 is 0. The van der Waals surface area contributed by atoms with Gasteiger partial charge < -0.3 is 44.3 Å². The number of aromatic nitrogens is 3. The van der Waals surface area contributed by atoms with Gasteiger partial charge in [0.1, 0.15) is 46.2 Å². The topological polar surface area (TPSA) is 257 Å². The summed E-state index contributed by atoms with van der Waals surface area (Å²) < 4.78 is 48.0. The summed E-state index contributed by atoms with van der Waals surface area (Å²) in [5.41, 5.74) is -0.233. The minimum Gasteiger partial charge on any atom is -0.479 e. The van der Waals surface area contributed by atoms with Crippen LogP contribution in [0.25, 0.3) is 5.69 Å². The number of benzene rings is 1. The van der Waals surface area contributed by atoms with Crippen LogP contribution in [0.1, 0.15) is 73.1 Å². The van der Waals surface area contributed by atoms with Gasteiger partial charge in [-0.15, -0.1) is 5.10 Å². The molecule has 4 rings (SSSR count). The molecule has 1 aromatic carbocycles. The Morgan fingerprint density at radius 1 is 1.03 bits per heavy atom. The summed E-state index contributed by atoms with van der Waals surface area (Å²) in [6.07, 6.45) is -7.28. The van der Waals surface area contributed by atoms with E-state index in [1.165, 1.54) is 32.7 Å². The smallest absolute Gasteiger partial charge is 0.410 e. The summed E-state index contributed by atoms with van der Waals surface area (Å²) in [6, 6.07) is 4.48. The molecule has 19 nitrogen and oxygen atoms in total. The Bertz CT molecular complexity index is 1930. The van der Waals surface area contributed by atoms with Crippen LogP contribution >= 0.6 is 0 Å². The van der Waals surface area contributed by atoms with Gasteiger partial charge >= 0.3 is 12.1 Å². The van der Waals surface area contributed by atoms with E-state index in [9.17, 15) is 48.0 Å². The van der Waals surface area contributed by atoms with E-state index in [1.807, 2.05) is 55.4 Å². The van der Waals surface area contributed by atoms with E-state index >= 15 is 0 Å². The number of likely N-dealkylation sites (tertiary alicyclic amines) is 1. The van der Waals surface area contributed by atoms with E-state index in [1.54, 1.807) is 6.20 Å². The van der Waals surface area contributed by atoms with Gasteiger partial charge in [-0.1, -0.05) is 66.7 Å². The molecule has 1 aromatic heterocycles. The van der Waals surface area contributed by atoms with Gasteiger partial charge in [0.15, 0.2) is 6.10 Å². The molecular formula is C39H59N5O14S. The number of rotatable bonds is 19. The first-order chi connectivity index (χ1) is 27.3. The van der Waals surface area contributed by atoms with Gasteiger partial charge in [0.05, 0.1) is 30.9 Å². The highest BCUT2D eigenvalue weighted by Gasteiger charge is 2.48. The third-order valence-electron chi connectivity index (χ3n) is 10.1. The molecule has 0 aliphatic carbocycles. The second kappa shape index (κ2) is 19.0. The predicted molar refractivity (Wildman–Crippen MR) is 210 cm³/mol. The van der Waals surface area contributed by atoms with Crippen LogP contribution < -0.4 is 4.74 Å². The predicted octanol–water partition coefficient (Wildman–Crippen LogP) is 1.53. The largest absolute Gasteiger partial charge is 0.479 e. The molecule has 0 bridgehead atoms. The molecular weight excluding hydrogens is 795 g/mol. The lowest BCUT2D eigenvalue weighted by Gasteiger charge is -2.38. The molecule has 2 aromatic rings. The van der Waals surface area contributed by atoms with Gasteiger partial charge in [0.2, 0.25) is 18.1 Å². The maximum Gasteiger partial charge on any atom is 0.410 e. The highest BCUT2D eigenvalue weighted by molar-refractivity contribution is 7.90. The number of aliphatic hydroxyl groups excluding tert-OH is 3. The summed E-state index contributed by atoms with van der Waals surface area (Å²) in [5, 5.41) is 49.5. The van der Waals surface area contributed by atoms with E-state index in [0.717, 1.165) is 6.26 Å². The number of carbonyl (C=O) groups excluding carboxylic acids is 3. The molecule has 2 aliphatic heterocycles. The molecule has 4 N–H and O–H groups in total. The first kappa shape index (κ1) is 47.5. The standard InChI is InChI=1S/C39H59N5O14S/c1-22(2)16-42(12-13-59(9,53)54)37(52)56-18-24-10-11-27(57-36-32(48)30(46)31(47)33(58-36)35(50)51)26(14-24)44-17-28(40-41-44)39(7,8)21-55-20-38(5,6)19-43-29(45)15-25(23(3)4)34(43)49/h10-11,14,17,22-23,25,30-33,36,46-48H,12-13,15-16,18-21H2,1-9H3,(H,50,51)/t25?,30-,31-,32+,33-,36+/m0/s1. The lowest BCUT2D eigenvalue weighted by atomic mass is 9.90. The van der Waals surface area contributed by atoms with E-state index in [-0.39, 0.29) is 92.6 Å². The minimum atomic E-state index is -3.36. The lowest BCUT2D eigenvalue weighted by molar-refractivity contribution is -0.271. The fraction of sp³-hybridized carbons (Fsp3) is 0.692. The number of nitrogens with zero attached hydrogens (tertiary/aromatic N) is 5. The number of carbonyl (C=O) groups is 4.